The molecule has 1 fully saturated rings. The summed E-state index contributed by atoms with van der Waals surface area (Å²) in [5.41, 5.74) is -0.958. The number of aliphatic carboxylic acids is 1. The molecule has 1 amide bonds. The Hall–Kier alpha value is -1.06. The summed E-state index contributed by atoms with van der Waals surface area (Å²) >= 11 is 0. The number of carboxylic acids is 1. The minimum atomic E-state index is -0.958. The highest BCUT2D eigenvalue weighted by Gasteiger charge is 2.45. The predicted octanol–water partition coefficient (Wildman–Crippen LogP) is 1.16. The van der Waals surface area contributed by atoms with Crippen molar-refractivity contribution in [3.63, 3.8) is 0 Å². The van der Waals surface area contributed by atoms with Gasteiger partial charge in [0.25, 0.3) is 0 Å². The van der Waals surface area contributed by atoms with Gasteiger partial charge in [0.1, 0.15) is 5.54 Å². The van der Waals surface area contributed by atoms with Gasteiger partial charge in [-0.05, 0) is 25.7 Å². The van der Waals surface area contributed by atoms with Crippen molar-refractivity contribution in [3.8, 4) is 0 Å². The largest absolute Gasteiger partial charge is 0.480 e. The number of hydrogen-bond acceptors (Lipinski definition) is 2. The van der Waals surface area contributed by atoms with Gasteiger partial charge in [0.15, 0.2) is 0 Å². The lowest BCUT2D eigenvalue weighted by Crippen LogP contribution is -2.60. The highest BCUT2D eigenvalue weighted by atomic mass is 16.4. The molecule has 1 aliphatic carbocycles. The van der Waals surface area contributed by atoms with Crippen LogP contribution in [0, 0.1) is 5.92 Å². The third kappa shape index (κ3) is 1.89. The van der Waals surface area contributed by atoms with E-state index in [4.69, 9.17) is 5.11 Å². The Morgan fingerprint density at radius 2 is 2.07 bits per heavy atom. The maximum absolute atomic E-state index is 11.5. The van der Waals surface area contributed by atoms with Crippen molar-refractivity contribution in [3.05, 3.63) is 0 Å². The topological polar surface area (TPSA) is 66.4 Å². The van der Waals surface area contributed by atoms with Crippen molar-refractivity contribution in [2.24, 2.45) is 5.92 Å². The molecule has 0 aliphatic heterocycles. The fourth-order valence-electron chi connectivity index (χ4n) is 1.47. The molecule has 0 spiro atoms. The third-order valence-corrected chi connectivity index (χ3v) is 3.04. The average molecular weight is 199 g/mol. The Morgan fingerprint density at radius 3 is 2.36 bits per heavy atom. The van der Waals surface area contributed by atoms with Crippen LogP contribution in [0.1, 0.15) is 39.5 Å². The van der Waals surface area contributed by atoms with E-state index < -0.39 is 11.5 Å². The molecular weight excluding hydrogens is 182 g/mol. The zero-order chi connectivity index (χ0) is 10.8. The molecule has 0 heterocycles. The lowest BCUT2D eigenvalue weighted by Gasteiger charge is -2.38. The van der Waals surface area contributed by atoms with Crippen LogP contribution in [0.3, 0.4) is 0 Å². The van der Waals surface area contributed by atoms with Crippen LogP contribution in [0.2, 0.25) is 0 Å². The van der Waals surface area contributed by atoms with Gasteiger partial charge in [0.2, 0.25) is 5.91 Å². The van der Waals surface area contributed by atoms with Crippen LogP contribution in [0.15, 0.2) is 0 Å². The highest BCUT2D eigenvalue weighted by molar-refractivity contribution is 5.88. The molecular formula is C10H17NO3. The van der Waals surface area contributed by atoms with Crippen LogP contribution in [0.4, 0.5) is 0 Å². The molecule has 0 radical (unpaired) electrons. The molecule has 1 atom stereocenters. The second-order valence-electron chi connectivity index (χ2n) is 4.04. The minimum absolute atomic E-state index is 0.105. The first kappa shape index (κ1) is 11.0. The van der Waals surface area contributed by atoms with E-state index in [2.05, 4.69) is 5.32 Å². The van der Waals surface area contributed by atoms with Crippen molar-refractivity contribution < 1.29 is 14.7 Å². The SMILES string of the molecule is CCC(C)C(=O)NC1(C(=O)O)CCC1. The summed E-state index contributed by atoms with van der Waals surface area (Å²) in [7, 11) is 0. The summed E-state index contributed by atoms with van der Waals surface area (Å²) in [6, 6.07) is 0. The maximum atomic E-state index is 11.5. The molecule has 0 bridgehead atoms. The number of carbonyl (C=O) groups is 2. The summed E-state index contributed by atoms with van der Waals surface area (Å²) in [6.45, 7) is 3.72. The van der Waals surface area contributed by atoms with E-state index in [1.54, 1.807) is 0 Å². The molecule has 1 rings (SSSR count). The van der Waals surface area contributed by atoms with Crippen molar-refractivity contribution >= 4 is 11.9 Å². The van der Waals surface area contributed by atoms with E-state index in [1.165, 1.54) is 0 Å². The summed E-state index contributed by atoms with van der Waals surface area (Å²) in [6.07, 6.45) is 2.74. The van der Waals surface area contributed by atoms with E-state index in [1.807, 2.05) is 13.8 Å². The number of nitrogens with one attached hydrogen (secondary N) is 1. The highest BCUT2D eigenvalue weighted by Crippen LogP contribution is 2.32. The van der Waals surface area contributed by atoms with Gasteiger partial charge in [-0.1, -0.05) is 13.8 Å². The van der Waals surface area contributed by atoms with Gasteiger partial charge in [-0.25, -0.2) is 4.79 Å². The number of carboxylic acid groups (broad SMARTS) is 1. The van der Waals surface area contributed by atoms with Crippen molar-refractivity contribution in [1.29, 1.82) is 0 Å². The first-order chi connectivity index (χ1) is 6.52. The van der Waals surface area contributed by atoms with Crippen LogP contribution in [0.5, 0.6) is 0 Å². The smallest absolute Gasteiger partial charge is 0.329 e. The molecule has 0 aromatic rings. The van der Waals surface area contributed by atoms with E-state index in [0.29, 0.717) is 12.8 Å². The van der Waals surface area contributed by atoms with Crippen molar-refractivity contribution in [1.82, 2.24) is 5.32 Å². The van der Waals surface area contributed by atoms with Crippen molar-refractivity contribution in [2.75, 3.05) is 0 Å². The predicted molar refractivity (Wildman–Crippen MR) is 51.8 cm³/mol. The number of hydrogen-bond donors (Lipinski definition) is 2. The number of rotatable bonds is 4. The van der Waals surface area contributed by atoms with Crippen LogP contribution < -0.4 is 5.32 Å². The molecule has 0 aromatic heterocycles. The Kier molecular flexibility index (Phi) is 3.13. The average Bonchev–Trinajstić information content (AvgIpc) is 2.08. The molecule has 1 aliphatic rings. The van der Waals surface area contributed by atoms with Crippen LogP contribution >= 0.6 is 0 Å². The van der Waals surface area contributed by atoms with Gasteiger partial charge < -0.3 is 10.4 Å². The molecule has 80 valence electrons. The molecule has 1 saturated carbocycles. The Morgan fingerprint density at radius 1 is 1.50 bits per heavy atom. The van der Waals surface area contributed by atoms with Crippen LogP contribution in [-0.4, -0.2) is 22.5 Å². The normalized spacial score (nSPS) is 20.7. The Labute approximate surface area is 83.7 Å². The van der Waals surface area contributed by atoms with E-state index >= 15 is 0 Å². The second-order valence-corrected chi connectivity index (χ2v) is 4.04. The second kappa shape index (κ2) is 3.98. The summed E-state index contributed by atoms with van der Waals surface area (Å²) < 4.78 is 0. The minimum Gasteiger partial charge on any atom is -0.480 e. The zero-order valence-electron chi connectivity index (χ0n) is 8.67. The standard InChI is InChI=1S/C10H17NO3/c1-3-7(2)8(12)11-10(9(13)14)5-4-6-10/h7H,3-6H2,1-2H3,(H,11,12)(H,13,14). The van der Waals surface area contributed by atoms with Crippen LogP contribution in [0.25, 0.3) is 0 Å². The summed E-state index contributed by atoms with van der Waals surface area (Å²) in [4.78, 5) is 22.4. The maximum Gasteiger partial charge on any atom is 0.329 e. The van der Waals surface area contributed by atoms with Gasteiger partial charge in [0, 0.05) is 5.92 Å². The molecule has 0 aromatic carbocycles. The van der Waals surface area contributed by atoms with Crippen molar-refractivity contribution in [2.45, 2.75) is 45.1 Å². The molecule has 14 heavy (non-hydrogen) atoms. The Bertz CT molecular complexity index is 246. The van der Waals surface area contributed by atoms with Gasteiger partial charge in [-0.15, -0.1) is 0 Å². The van der Waals surface area contributed by atoms with E-state index in [9.17, 15) is 9.59 Å². The fraction of sp³-hybridized carbons (Fsp3) is 0.800. The molecule has 0 saturated heterocycles. The van der Waals surface area contributed by atoms with E-state index in [0.717, 1.165) is 12.8 Å². The zero-order valence-corrected chi connectivity index (χ0v) is 8.67. The van der Waals surface area contributed by atoms with E-state index in [-0.39, 0.29) is 11.8 Å². The number of carbonyl (C=O) groups excluding carboxylic acids is 1. The number of amides is 1. The third-order valence-electron chi connectivity index (χ3n) is 3.04. The summed E-state index contributed by atoms with van der Waals surface area (Å²) in [5.74, 6) is -1.15. The van der Waals surface area contributed by atoms with Crippen LogP contribution in [-0.2, 0) is 9.59 Å². The fourth-order valence-corrected chi connectivity index (χ4v) is 1.47. The lowest BCUT2D eigenvalue weighted by atomic mass is 9.76. The van der Waals surface area contributed by atoms with Gasteiger partial charge >= 0.3 is 5.97 Å². The summed E-state index contributed by atoms with van der Waals surface area (Å²) in [5, 5.41) is 11.6. The molecule has 2 N–H and O–H groups in total. The van der Waals surface area contributed by atoms with Gasteiger partial charge in [-0.3, -0.25) is 4.79 Å². The quantitative estimate of drug-likeness (QED) is 0.714. The molecule has 4 heteroatoms. The van der Waals surface area contributed by atoms with Gasteiger partial charge in [-0.2, -0.15) is 0 Å². The van der Waals surface area contributed by atoms with Gasteiger partial charge in [0.05, 0.1) is 0 Å². The first-order valence-corrected chi connectivity index (χ1v) is 5.07. The molecule has 4 nitrogen and oxygen atoms in total. The first-order valence-electron chi connectivity index (χ1n) is 5.07. The lowest BCUT2D eigenvalue weighted by molar-refractivity contribution is -0.152. The molecule has 1 unspecified atom stereocenters. The Balaban J connectivity index is 2.57. The monoisotopic (exact) mass is 199 g/mol.